The normalized spacial score (nSPS) is 14.5. The Morgan fingerprint density at radius 3 is 2.34 bits per heavy atom. The van der Waals surface area contributed by atoms with Crippen molar-refractivity contribution in [1.82, 2.24) is 14.3 Å². The molecule has 10 heteroatoms. The first-order valence-corrected chi connectivity index (χ1v) is 11.5. The van der Waals surface area contributed by atoms with E-state index in [4.69, 9.17) is 18.9 Å². The lowest BCUT2D eigenvalue weighted by atomic mass is 10.1. The molecule has 1 unspecified atom stereocenters. The molecule has 170 valence electrons. The second-order valence-electron chi connectivity index (χ2n) is 7.26. The van der Waals surface area contributed by atoms with E-state index in [2.05, 4.69) is 9.71 Å². The van der Waals surface area contributed by atoms with E-state index in [1.165, 1.54) is 26.4 Å². The topological polar surface area (TPSA) is 101 Å². The van der Waals surface area contributed by atoms with Crippen LogP contribution in [0.4, 0.5) is 0 Å². The molecule has 3 aromatic rings. The molecule has 2 heterocycles. The molecule has 0 fully saturated rings. The summed E-state index contributed by atoms with van der Waals surface area (Å²) >= 11 is 0. The summed E-state index contributed by atoms with van der Waals surface area (Å²) in [5.74, 6) is 2.52. The Morgan fingerprint density at radius 1 is 1.03 bits per heavy atom. The summed E-state index contributed by atoms with van der Waals surface area (Å²) in [5.41, 5.74) is 0.619. The lowest BCUT2D eigenvalue weighted by molar-refractivity contribution is 0.297. The molecule has 0 saturated carbocycles. The van der Waals surface area contributed by atoms with E-state index in [1.54, 1.807) is 48.3 Å². The van der Waals surface area contributed by atoms with E-state index in [9.17, 15) is 8.42 Å². The molecule has 32 heavy (non-hydrogen) atoms. The van der Waals surface area contributed by atoms with Crippen LogP contribution < -0.4 is 23.7 Å². The van der Waals surface area contributed by atoms with Gasteiger partial charge in [0.05, 0.1) is 32.3 Å². The van der Waals surface area contributed by atoms with Crippen molar-refractivity contribution in [3.63, 3.8) is 0 Å². The van der Waals surface area contributed by atoms with Gasteiger partial charge in [-0.05, 0) is 29.8 Å². The van der Waals surface area contributed by atoms with Crippen molar-refractivity contribution in [1.29, 1.82) is 0 Å². The van der Waals surface area contributed by atoms with Gasteiger partial charge in [0.25, 0.3) is 0 Å². The highest BCUT2D eigenvalue weighted by atomic mass is 32.2. The molecule has 0 spiro atoms. The minimum Gasteiger partial charge on any atom is -0.497 e. The summed E-state index contributed by atoms with van der Waals surface area (Å²) in [5, 5.41) is 0. The number of fused-ring (bicyclic) bond motifs is 1. The van der Waals surface area contributed by atoms with Crippen LogP contribution in [0.5, 0.6) is 23.0 Å². The highest BCUT2D eigenvalue weighted by Gasteiger charge is 2.28. The van der Waals surface area contributed by atoms with E-state index >= 15 is 0 Å². The number of aryl methyl sites for hydroxylation is 1. The van der Waals surface area contributed by atoms with Crippen LogP contribution in [0.25, 0.3) is 0 Å². The van der Waals surface area contributed by atoms with Crippen LogP contribution in [0.3, 0.4) is 0 Å². The van der Waals surface area contributed by atoms with Gasteiger partial charge in [0.1, 0.15) is 23.4 Å². The highest BCUT2D eigenvalue weighted by molar-refractivity contribution is 7.89. The van der Waals surface area contributed by atoms with Crippen molar-refractivity contribution in [2.24, 2.45) is 7.05 Å². The minimum atomic E-state index is -3.96. The summed E-state index contributed by atoms with van der Waals surface area (Å²) in [6.07, 6.45) is 4.09. The molecule has 1 aliphatic rings. The van der Waals surface area contributed by atoms with Gasteiger partial charge in [-0.15, -0.1) is 0 Å². The van der Waals surface area contributed by atoms with Gasteiger partial charge in [-0.3, -0.25) is 0 Å². The molecule has 1 aromatic heterocycles. The van der Waals surface area contributed by atoms with Crippen LogP contribution in [-0.2, 0) is 17.1 Å². The van der Waals surface area contributed by atoms with E-state index in [0.717, 1.165) is 6.42 Å². The van der Waals surface area contributed by atoms with Crippen molar-refractivity contribution >= 4 is 10.0 Å². The number of sulfonamides is 1. The molecular formula is C22H25N3O6S. The number of benzene rings is 2. The first-order chi connectivity index (χ1) is 15.4. The molecule has 1 atom stereocenters. The third-order valence-electron chi connectivity index (χ3n) is 5.13. The Labute approximate surface area is 186 Å². The third kappa shape index (κ3) is 4.51. The molecule has 0 amide bonds. The monoisotopic (exact) mass is 459 g/mol. The summed E-state index contributed by atoms with van der Waals surface area (Å²) in [6, 6.07) is 9.01. The molecule has 0 bridgehead atoms. The molecule has 0 saturated heterocycles. The SMILES string of the molecule is COc1cc(OC)cc(C(NS(=O)(=O)c2ccc3c(c2)OCCCO3)c2nccn2C)c1. The summed E-state index contributed by atoms with van der Waals surface area (Å²) in [6.45, 7) is 0.986. The zero-order valence-corrected chi connectivity index (χ0v) is 18.9. The van der Waals surface area contributed by atoms with Gasteiger partial charge in [0.2, 0.25) is 10.0 Å². The largest absolute Gasteiger partial charge is 0.497 e. The molecular weight excluding hydrogens is 434 g/mol. The highest BCUT2D eigenvalue weighted by Crippen LogP contribution is 2.34. The number of rotatable bonds is 7. The maximum absolute atomic E-state index is 13.4. The van der Waals surface area contributed by atoms with E-state index in [-0.39, 0.29) is 4.90 Å². The van der Waals surface area contributed by atoms with Crippen molar-refractivity contribution in [2.45, 2.75) is 17.4 Å². The van der Waals surface area contributed by atoms with Crippen molar-refractivity contribution in [3.05, 3.63) is 60.2 Å². The van der Waals surface area contributed by atoms with Crippen molar-refractivity contribution < 1.29 is 27.4 Å². The standard InChI is InChI=1S/C22H25N3O6S/c1-25-8-7-23-22(25)21(15-11-16(28-2)13-17(12-15)29-3)24-32(26,27)18-5-6-19-20(14-18)31-10-4-9-30-19/h5-8,11-14,21,24H,4,9-10H2,1-3H3. The fourth-order valence-electron chi connectivity index (χ4n) is 3.46. The summed E-state index contributed by atoms with van der Waals surface area (Å²) < 4.78 is 53.3. The van der Waals surface area contributed by atoms with E-state index in [1.807, 2.05) is 0 Å². The summed E-state index contributed by atoms with van der Waals surface area (Å²) in [4.78, 5) is 4.44. The van der Waals surface area contributed by atoms with E-state index < -0.39 is 16.1 Å². The number of aromatic nitrogens is 2. The lowest BCUT2D eigenvalue weighted by Crippen LogP contribution is -2.31. The zero-order valence-electron chi connectivity index (χ0n) is 18.1. The van der Waals surface area contributed by atoms with E-state index in [0.29, 0.717) is 47.6 Å². The number of imidazole rings is 1. The van der Waals surface area contributed by atoms with Crippen LogP contribution in [-0.4, -0.2) is 45.4 Å². The van der Waals surface area contributed by atoms with Crippen molar-refractivity contribution in [3.8, 4) is 23.0 Å². The van der Waals surface area contributed by atoms with Gasteiger partial charge in [-0.25, -0.2) is 13.4 Å². The van der Waals surface area contributed by atoms with Crippen LogP contribution in [0.15, 0.2) is 53.7 Å². The predicted molar refractivity (Wildman–Crippen MR) is 117 cm³/mol. The fraction of sp³-hybridized carbons (Fsp3) is 0.318. The van der Waals surface area contributed by atoms with Crippen LogP contribution in [0, 0.1) is 0 Å². The Bertz CT molecular complexity index is 1190. The quantitative estimate of drug-likeness (QED) is 0.580. The molecule has 2 aromatic carbocycles. The maximum Gasteiger partial charge on any atom is 0.241 e. The van der Waals surface area contributed by atoms with Gasteiger partial charge in [0, 0.05) is 38.0 Å². The fourth-order valence-corrected chi connectivity index (χ4v) is 4.65. The molecule has 9 nitrogen and oxygen atoms in total. The minimum absolute atomic E-state index is 0.0656. The van der Waals surface area contributed by atoms with Gasteiger partial charge in [-0.1, -0.05) is 0 Å². The Morgan fingerprint density at radius 2 is 1.72 bits per heavy atom. The predicted octanol–water partition coefficient (Wildman–Crippen LogP) is 2.67. The maximum atomic E-state index is 13.4. The summed E-state index contributed by atoms with van der Waals surface area (Å²) in [7, 11) is 0.921. The average molecular weight is 460 g/mol. The van der Waals surface area contributed by atoms with Gasteiger partial charge >= 0.3 is 0 Å². The molecule has 0 aliphatic carbocycles. The Hall–Kier alpha value is -3.24. The second-order valence-corrected chi connectivity index (χ2v) is 8.97. The van der Waals surface area contributed by atoms with Gasteiger partial charge in [0.15, 0.2) is 11.5 Å². The molecule has 1 aliphatic heterocycles. The number of hydrogen-bond donors (Lipinski definition) is 1. The van der Waals surface area contributed by atoms with Crippen LogP contribution >= 0.6 is 0 Å². The number of ether oxygens (including phenoxy) is 4. The second kappa shape index (κ2) is 9.09. The first-order valence-electron chi connectivity index (χ1n) is 10.0. The lowest BCUT2D eigenvalue weighted by Gasteiger charge is -2.21. The van der Waals surface area contributed by atoms with Gasteiger partial charge < -0.3 is 23.5 Å². The average Bonchev–Trinajstić information content (AvgIpc) is 3.08. The molecule has 1 N–H and O–H groups in total. The van der Waals surface area contributed by atoms with Gasteiger partial charge in [-0.2, -0.15) is 4.72 Å². The number of nitrogens with one attached hydrogen (secondary N) is 1. The number of hydrogen-bond acceptors (Lipinski definition) is 7. The number of methoxy groups -OCH3 is 2. The Balaban J connectivity index is 1.75. The molecule has 4 rings (SSSR count). The smallest absolute Gasteiger partial charge is 0.241 e. The van der Waals surface area contributed by atoms with Crippen LogP contribution in [0.1, 0.15) is 23.9 Å². The zero-order chi connectivity index (χ0) is 22.7. The molecule has 0 radical (unpaired) electrons. The number of nitrogens with zero attached hydrogens (tertiary/aromatic N) is 2. The van der Waals surface area contributed by atoms with Crippen LogP contribution in [0.2, 0.25) is 0 Å². The first kappa shape index (κ1) is 22.0. The third-order valence-corrected chi connectivity index (χ3v) is 6.55. The van der Waals surface area contributed by atoms with Crippen molar-refractivity contribution in [2.75, 3.05) is 27.4 Å². The Kier molecular flexibility index (Phi) is 6.24.